The maximum absolute atomic E-state index is 13.1. The quantitative estimate of drug-likeness (QED) is 0.665. The van der Waals surface area contributed by atoms with Crippen molar-refractivity contribution < 1.29 is 14.3 Å². The van der Waals surface area contributed by atoms with Gasteiger partial charge in [-0.15, -0.1) is 0 Å². The topological polar surface area (TPSA) is 58.6 Å². The van der Waals surface area contributed by atoms with Gasteiger partial charge in [0.2, 0.25) is 11.8 Å². The highest BCUT2D eigenvalue weighted by Gasteiger charge is 2.26. The number of amides is 2. The molecule has 1 N–H and O–H groups in total. The summed E-state index contributed by atoms with van der Waals surface area (Å²) in [5.41, 5.74) is 1.78. The lowest BCUT2D eigenvalue weighted by molar-refractivity contribution is -0.140. The molecule has 2 aromatic carbocycles. The first-order valence-corrected chi connectivity index (χ1v) is 10.2. The molecule has 0 heterocycles. The zero-order chi connectivity index (χ0) is 21.4. The Balaban J connectivity index is 2.21. The number of halogens is 1. The van der Waals surface area contributed by atoms with E-state index in [2.05, 4.69) is 5.32 Å². The zero-order valence-electron chi connectivity index (χ0n) is 17.4. The third kappa shape index (κ3) is 6.79. The van der Waals surface area contributed by atoms with Crippen molar-refractivity contribution in [1.29, 1.82) is 0 Å². The molecule has 0 bridgehead atoms. The third-order valence-electron chi connectivity index (χ3n) is 4.95. The molecule has 2 amide bonds. The Hall–Kier alpha value is -2.53. The molecule has 0 saturated heterocycles. The number of hydrogen-bond donors (Lipinski definition) is 1. The Labute approximate surface area is 178 Å². The number of ether oxygens (including phenoxy) is 1. The third-order valence-corrected chi connectivity index (χ3v) is 5.20. The average molecular weight is 417 g/mol. The number of hydrogen-bond acceptors (Lipinski definition) is 3. The first kappa shape index (κ1) is 22.8. The summed E-state index contributed by atoms with van der Waals surface area (Å²) >= 11 is 5.94. The fraction of sp³-hybridized carbons (Fsp3) is 0.391. The van der Waals surface area contributed by atoms with Gasteiger partial charge in [0.15, 0.2) is 0 Å². The van der Waals surface area contributed by atoms with E-state index in [1.54, 1.807) is 31.1 Å². The van der Waals surface area contributed by atoms with E-state index >= 15 is 0 Å². The van der Waals surface area contributed by atoms with Gasteiger partial charge >= 0.3 is 0 Å². The van der Waals surface area contributed by atoms with Crippen LogP contribution >= 0.6 is 11.6 Å². The highest BCUT2D eigenvalue weighted by atomic mass is 35.5. The van der Waals surface area contributed by atoms with E-state index in [0.717, 1.165) is 23.3 Å². The number of methoxy groups -OCH3 is 1. The number of nitrogens with zero attached hydrogens (tertiary/aromatic N) is 1. The van der Waals surface area contributed by atoms with Crippen LogP contribution in [-0.2, 0) is 22.6 Å². The Morgan fingerprint density at radius 2 is 1.62 bits per heavy atom. The normalized spacial score (nSPS) is 12.7. The highest BCUT2D eigenvalue weighted by molar-refractivity contribution is 6.30. The molecule has 6 heteroatoms. The van der Waals surface area contributed by atoms with Crippen molar-refractivity contribution in [3.8, 4) is 5.75 Å². The summed E-state index contributed by atoms with van der Waals surface area (Å²) in [4.78, 5) is 27.4. The Morgan fingerprint density at radius 3 is 2.17 bits per heavy atom. The number of carbonyl (C=O) groups is 2. The van der Waals surface area contributed by atoms with Gasteiger partial charge in [0.25, 0.3) is 0 Å². The molecule has 29 heavy (non-hydrogen) atoms. The summed E-state index contributed by atoms with van der Waals surface area (Å²) in [6, 6.07) is 14.1. The minimum absolute atomic E-state index is 0.0548. The smallest absolute Gasteiger partial charge is 0.242 e. The van der Waals surface area contributed by atoms with Crippen LogP contribution in [0.25, 0.3) is 0 Å². The van der Waals surface area contributed by atoms with Gasteiger partial charge in [0.1, 0.15) is 11.8 Å². The van der Waals surface area contributed by atoms with Crippen LogP contribution in [0.5, 0.6) is 5.75 Å². The van der Waals surface area contributed by atoms with Crippen LogP contribution in [0.2, 0.25) is 5.02 Å². The molecule has 2 atom stereocenters. The number of rotatable bonds is 9. The molecule has 0 aliphatic carbocycles. The molecule has 0 radical (unpaired) electrons. The first-order valence-electron chi connectivity index (χ1n) is 9.81. The largest absolute Gasteiger partial charge is 0.497 e. The second kappa shape index (κ2) is 10.9. The van der Waals surface area contributed by atoms with E-state index in [1.807, 2.05) is 50.2 Å². The number of benzene rings is 2. The lowest BCUT2D eigenvalue weighted by Crippen LogP contribution is -2.49. The SMILES string of the molecule is CC[C@H](C)NC(=O)[C@@H](C)N(Cc1ccc(OC)cc1)C(=O)Cc1ccc(Cl)cc1. The minimum Gasteiger partial charge on any atom is -0.497 e. The molecule has 0 aromatic heterocycles. The lowest BCUT2D eigenvalue weighted by atomic mass is 10.1. The summed E-state index contributed by atoms with van der Waals surface area (Å²) in [6.07, 6.45) is 1.03. The molecule has 0 saturated carbocycles. The summed E-state index contributed by atoms with van der Waals surface area (Å²) in [5, 5.41) is 3.59. The van der Waals surface area contributed by atoms with Gasteiger partial charge in [-0.2, -0.15) is 0 Å². The van der Waals surface area contributed by atoms with E-state index < -0.39 is 6.04 Å². The molecule has 2 aromatic rings. The molecule has 2 rings (SSSR count). The number of nitrogens with one attached hydrogen (secondary N) is 1. The van der Waals surface area contributed by atoms with Crippen molar-refractivity contribution in [2.24, 2.45) is 0 Å². The maximum atomic E-state index is 13.1. The van der Waals surface area contributed by atoms with E-state index in [9.17, 15) is 9.59 Å². The van der Waals surface area contributed by atoms with Gasteiger partial charge in [0.05, 0.1) is 13.5 Å². The predicted molar refractivity (Wildman–Crippen MR) is 116 cm³/mol. The van der Waals surface area contributed by atoms with Crippen LogP contribution in [-0.4, -0.2) is 35.9 Å². The van der Waals surface area contributed by atoms with Crippen LogP contribution in [0.4, 0.5) is 0 Å². The van der Waals surface area contributed by atoms with Crippen LogP contribution in [0.15, 0.2) is 48.5 Å². The Kier molecular flexibility index (Phi) is 8.52. The van der Waals surface area contributed by atoms with E-state index in [-0.39, 0.29) is 24.3 Å². The van der Waals surface area contributed by atoms with Crippen LogP contribution < -0.4 is 10.1 Å². The van der Waals surface area contributed by atoms with Gasteiger partial charge in [-0.05, 0) is 55.7 Å². The molecule has 0 aliphatic rings. The lowest BCUT2D eigenvalue weighted by Gasteiger charge is -2.30. The maximum Gasteiger partial charge on any atom is 0.242 e. The second-order valence-electron chi connectivity index (χ2n) is 7.17. The van der Waals surface area contributed by atoms with Crippen molar-refractivity contribution in [1.82, 2.24) is 10.2 Å². The average Bonchev–Trinajstić information content (AvgIpc) is 2.73. The molecule has 0 fully saturated rings. The summed E-state index contributed by atoms with van der Waals surface area (Å²) < 4.78 is 5.20. The fourth-order valence-corrected chi connectivity index (χ4v) is 2.98. The van der Waals surface area contributed by atoms with Crippen LogP contribution in [0.3, 0.4) is 0 Å². The van der Waals surface area contributed by atoms with Crippen LogP contribution in [0, 0.1) is 0 Å². The van der Waals surface area contributed by atoms with Gasteiger partial charge in [-0.1, -0.05) is 42.8 Å². The second-order valence-corrected chi connectivity index (χ2v) is 7.60. The fourth-order valence-electron chi connectivity index (χ4n) is 2.85. The van der Waals surface area contributed by atoms with E-state index in [1.165, 1.54) is 0 Å². The first-order chi connectivity index (χ1) is 13.8. The Bertz CT molecular complexity index is 806. The molecule has 0 unspecified atom stereocenters. The molecule has 5 nitrogen and oxygen atoms in total. The van der Waals surface area contributed by atoms with Gasteiger partial charge in [-0.3, -0.25) is 9.59 Å². The summed E-state index contributed by atoms with van der Waals surface area (Å²) in [5.74, 6) is 0.475. The van der Waals surface area contributed by atoms with Crippen LogP contribution in [0.1, 0.15) is 38.3 Å². The predicted octanol–water partition coefficient (Wildman–Crippen LogP) is 4.22. The van der Waals surface area contributed by atoms with E-state index in [4.69, 9.17) is 16.3 Å². The van der Waals surface area contributed by atoms with Crippen molar-refractivity contribution in [2.45, 2.75) is 52.2 Å². The molecule has 156 valence electrons. The minimum atomic E-state index is -0.592. The molecule has 0 spiro atoms. The number of carbonyl (C=O) groups excluding carboxylic acids is 2. The van der Waals surface area contributed by atoms with Gasteiger partial charge in [0, 0.05) is 17.6 Å². The summed E-state index contributed by atoms with van der Waals surface area (Å²) in [6.45, 7) is 6.07. The Morgan fingerprint density at radius 1 is 1.03 bits per heavy atom. The van der Waals surface area contributed by atoms with Gasteiger partial charge < -0.3 is 15.0 Å². The summed E-state index contributed by atoms with van der Waals surface area (Å²) in [7, 11) is 1.61. The van der Waals surface area contributed by atoms with Crippen molar-refractivity contribution in [3.05, 3.63) is 64.7 Å². The molecule has 0 aliphatic heterocycles. The van der Waals surface area contributed by atoms with E-state index in [0.29, 0.717) is 11.6 Å². The van der Waals surface area contributed by atoms with Crippen molar-refractivity contribution in [2.75, 3.05) is 7.11 Å². The molecular formula is C23H29ClN2O3. The zero-order valence-corrected chi connectivity index (χ0v) is 18.2. The standard InChI is InChI=1S/C23H29ClN2O3/c1-5-16(2)25-23(28)17(3)26(15-19-8-12-21(29-4)13-9-19)22(27)14-18-6-10-20(24)11-7-18/h6-13,16-17H,5,14-15H2,1-4H3,(H,25,28)/t16-,17+/m0/s1. The van der Waals surface area contributed by atoms with Crippen molar-refractivity contribution >= 4 is 23.4 Å². The monoisotopic (exact) mass is 416 g/mol. The van der Waals surface area contributed by atoms with Crippen molar-refractivity contribution in [3.63, 3.8) is 0 Å². The van der Waals surface area contributed by atoms with Gasteiger partial charge in [-0.25, -0.2) is 0 Å². The molecular weight excluding hydrogens is 388 g/mol. The highest BCUT2D eigenvalue weighted by Crippen LogP contribution is 2.17.